The quantitative estimate of drug-likeness (QED) is 0.305. The third kappa shape index (κ3) is 7.86. The van der Waals surface area contributed by atoms with Crippen LogP contribution in [0.1, 0.15) is 19.4 Å². The molecule has 1 aromatic carbocycles. The van der Waals surface area contributed by atoms with Crippen molar-refractivity contribution in [3.63, 3.8) is 0 Å². The molecule has 0 unspecified atom stereocenters. The van der Waals surface area contributed by atoms with Gasteiger partial charge in [-0.3, -0.25) is 0 Å². The largest absolute Gasteiger partial charge is 0.493 e. The van der Waals surface area contributed by atoms with E-state index in [9.17, 15) is 0 Å². The van der Waals surface area contributed by atoms with Crippen LogP contribution in [0.3, 0.4) is 0 Å². The SMILES string of the molecule is CCNC(=NCc1cc(OC)c(OC)c(OC)c1)NCCN(C)CC.I. The molecule has 0 saturated carbocycles. The first-order chi connectivity index (χ1) is 12.1. The van der Waals surface area contributed by atoms with E-state index in [0.717, 1.165) is 37.7 Å². The Labute approximate surface area is 174 Å². The summed E-state index contributed by atoms with van der Waals surface area (Å²) in [4.78, 5) is 6.88. The summed E-state index contributed by atoms with van der Waals surface area (Å²) >= 11 is 0. The second-order valence-electron chi connectivity index (χ2n) is 5.55. The normalized spacial score (nSPS) is 11.0. The van der Waals surface area contributed by atoms with E-state index in [1.807, 2.05) is 12.1 Å². The average Bonchev–Trinajstić information content (AvgIpc) is 2.64. The Hall–Kier alpha value is -1.42. The van der Waals surface area contributed by atoms with Gasteiger partial charge >= 0.3 is 0 Å². The maximum absolute atomic E-state index is 5.39. The van der Waals surface area contributed by atoms with Crippen molar-refractivity contribution < 1.29 is 14.2 Å². The molecule has 0 aliphatic carbocycles. The van der Waals surface area contributed by atoms with E-state index in [2.05, 4.69) is 41.4 Å². The smallest absolute Gasteiger partial charge is 0.203 e. The zero-order chi connectivity index (χ0) is 18.7. The van der Waals surface area contributed by atoms with Crippen molar-refractivity contribution >= 4 is 29.9 Å². The molecule has 0 atom stereocenters. The molecule has 0 amide bonds. The molecule has 0 aliphatic heterocycles. The fourth-order valence-electron chi connectivity index (χ4n) is 2.26. The minimum absolute atomic E-state index is 0. The number of benzene rings is 1. The standard InChI is InChI=1S/C18H32N4O3.HI/c1-7-19-18(20-9-10-22(3)8-2)21-13-14-11-15(23-4)17(25-6)16(12-14)24-5;/h11-12H,7-10,13H2,1-6H3,(H2,19,20,21);1H. The summed E-state index contributed by atoms with van der Waals surface area (Å²) in [6, 6.07) is 3.83. The Kier molecular flexibility index (Phi) is 13.0. The van der Waals surface area contributed by atoms with Gasteiger partial charge in [-0.15, -0.1) is 24.0 Å². The van der Waals surface area contributed by atoms with Gasteiger partial charge in [0.2, 0.25) is 5.75 Å². The summed E-state index contributed by atoms with van der Waals surface area (Å²) in [5.74, 6) is 2.65. The summed E-state index contributed by atoms with van der Waals surface area (Å²) in [7, 11) is 6.92. The number of rotatable bonds is 10. The van der Waals surface area contributed by atoms with E-state index in [4.69, 9.17) is 14.2 Å². The van der Waals surface area contributed by atoms with E-state index < -0.39 is 0 Å². The van der Waals surface area contributed by atoms with Crippen LogP contribution < -0.4 is 24.8 Å². The number of hydrogen-bond donors (Lipinski definition) is 2. The summed E-state index contributed by atoms with van der Waals surface area (Å²) in [5, 5.41) is 6.60. The van der Waals surface area contributed by atoms with Gasteiger partial charge in [-0.2, -0.15) is 0 Å². The summed E-state index contributed by atoms with van der Waals surface area (Å²) in [6.07, 6.45) is 0. The molecule has 0 aromatic heterocycles. The number of ether oxygens (including phenoxy) is 3. The van der Waals surface area contributed by atoms with E-state index >= 15 is 0 Å². The molecule has 0 bridgehead atoms. The lowest BCUT2D eigenvalue weighted by molar-refractivity contribution is 0.324. The monoisotopic (exact) mass is 480 g/mol. The van der Waals surface area contributed by atoms with Crippen LogP contribution in [-0.4, -0.2) is 65.4 Å². The molecule has 0 saturated heterocycles. The zero-order valence-corrected chi connectivity index (χ0v) is 19.0. The Bertz CT molecular complexity index is 530. The number of methoxy groups -OCH3 is 3. The Morgan fingerprint density at radius 2 is 1.65 bits per heavy atom. The average molecular weight is 480 g/mol. The fourth-order valence-corrected chi connectivity index (χ4v) is 2.26. The molecule has 0 heterocycles. The lowest BCUT2D eigenvalue weighted by Gasteiger charge is -2.16. The Morgan fingerprint density at radius 3 is 2.12 bits per heavy atom. The van der Waals surface area contributed by atoms with E-state index in [0.29, 0.717) is 23.8 Å². The summed E-state index contributed by atoms with van der Waals surface area (Å²) in [6.45, 7) is 8.34. The van der Waals surface area contributed by atoms with E-state index in [1.54, 1.807) is 21.3 Å². The van der Waals surface area contributed by atoms with Gasteiger partial charge in [0.25, 0.3) is 0 Å². The lowest BCUT2D eigenvalue weighted by Crippen LogP contribution is -2.40. The maximum Gasteiger partial charge on any atom is 0.203 e. The highest BCUT2D eigenvalue weighted by molar-refractivity contribution is 14.0. The molecule has 1 rings (SSSR count). The molecule has 8 heteroatoms. The van der Waals surface area contributed by atoms with Gasteiger partial charge in [0.05, 0.1) is 27.9 Å². The number of halogens is 1. The van der Waals surface area contributed by atoms with Crippen LogP contribution in [0.2, 0.25) is 0 Å². The minimum atomic E-state index is 0. The van der Waals surface area contributed by atoms with E-state index in [-0.39, 0.29) is 24.0 Å². The first kappa shape index (κ1) is 24.6. The van der Waals surface area contributed by atoms with Crippen molar-refractivity contribution in [3.8, 4) is 17.2 Å². The van der Waals surface area contributed by atoms with Crippen molar-refractivity contribution in [1.82, 2.24) is 15.5 Å². The van der Waals surface area contributed by atoms with Crippen LogP contribution in [-0.2, 0) is 6.54 Å². The lowest BCUT2D eigenvalue weighted by atomic mass is 10.2. The molecule has 0 radical (unpaired) electrons. The molecule has 0 fully saturated rings. The van der Waals surface area contributed by atoms with Crippen molar-refractivity contribution in [3.05, 3.63) is 17.7 Å². The van der Waals surface area contributed by atoms with Gasteiger partial charge < -0.3 is 29.7 Å². The Morgan fingerprint density at radius 1 is 1.04 bits per heavy atom. The highest BCUT2D eigenvalue weighted by Gasteiger charge is 2.13. The topological polar surface area (TPSA) is 67.4 Å². The second-order valence-corrected chi connectivity index (χ2v) is 5.55. The molecule has 26 heavy (non-hydrogen) atoms. The molecule has 2 N–H and O–H groups in total. The van der Waals surface area contributed by atoms with Crippen molar-refractivity contribution in [2.45, 2.75) is 20.4 Å². The number of hydrogen-bond acceptors (Lipinski definition) is 5. The van der Waals surface area contributed by atoms with Gasteiger partial charge in [-0.05, 0) is 38.2 Å². The number of likely N-dealkylation sites (N-methyl/N-ethyl adjacent to an activating group) is 1. The van der Waals surface area contributed by atoms with Gasteiger partial charge in [0, 0.05) is 19.6 Å². The molecular weight excluding hydrogens is 447 g/mol. The fraction of sp³-hybridized carbons (Fsp3) is 0.611. The van der Waals surface area contributed by atoms with Crippen molar-refractivity contribution in [2.24, 2.45) is 4.99 Å². The first-order valence-corrected chi connectivity index (χ1v) is 8.59. The molecule has 7 nitrogen and oxygen atoms in total. The molecular formula is C18H33IN4O3. The van der Waals surface area contributed by atoms with Gasteiger partial charge in [0.1, 0.15) is 0 Å². The number of nitrogens with zero attached hydrogens (tertiary/aromatic N) is 2. The van der Waals surface area contributed by atoms with E-state index in [1.165, 1.54) is 0 Å². The van der Waals surface area contributed by atoms with Crippen LogP contribution in [0.25, 0.3) is 0 Å². The third-order valence-electron chi connectivity index (χ3n) is 3.81. The van der Waals surface area contributed by atoms with Crippen molar-refractivity contribution in [1.29, 1.82) is 0 Å². The van der Waals surface area contributed by atoms with Crippen LogP contribution in [0, 0.1) is 0 Å². The Balaban J connectivity index is 0.00000625. The van der Waals surface area contributed by atoms with Crippen LogP contribution in [0.15, 0.2) is 17.1 Å². The van der Waals surface area contributed by atoms with Crippen LogP contribution in [0.5, 0.6) is 17.2 Å². The third-order valence-corrected chi connectivity index (χ3v) is 3.81. The molecule has 0 spiro atoms. The zero-order valence-electron chi connectivity index (χ0n) is 16.7. The first-order valence-electron chi connectivity index (χ1n) is 8.59. The van der Waals surface area contributed by atoms with Crippen LogP contribution >= 0.6 is 24.0 Å². The van der Waals surface area contributed by atoms with Crippen LogP contribution in [0.4, 0.5) is 0 Å². The summed E-state index contributed by atoms with van der Waals surface area (Å²) < 4.78 is 16.1. The number of aliphatic imine (C=N–C) groups is 1. The second kappa shape index (κ2) is 13.7. The number of nitrogens with one attached hydrogen (secondary N) is 2. The minimum Gasteiger partial charge on any atom is -0.493 e. The van der Waals surface area contributed by atoms with Gasteiger partial charge in [-0.1, -0.05) is 6.92 Å². The predicted octanol–water partition coefficient (Wildman–Crippen LogP) is 2.34. The highest BCUT2D eigenvalue weighted by atomic mass is 127. The molecule has 1 aromatic rings. The predicted molar refractivity (Wildman–Crippen MR) is 118 cm³/mol. The molecule has 0 aliphatic rings. The highest BCUT2D eigenvalue weighted by Crippen LogP contribution is 2.38. The summed E-state index contributed by atoms with van der Waals surface area (Å²) in [5.41, 5.74) is 0.984. The van der Waals surface area contributed by atoms with Crippen molar-refractivity contribution in [2.75, 3.05) is 54.6 Å². The maximum atomic E-state index is 5.39. The molecule has 150 valence electrons. The van der Waals surface area contributed by atoms with Gasteiger partial charge in [0.15, 0.2) is 17.5 Å². The van der Waals surface area contributed by atoms with Gasteiger partial charge in [-0.25, -0.2) is 4.99 Å². The number of guanidine groups is 1.